The van der Waals surface area contributed by atoms with Gasteiger partial charge in [-0.1, -0.05) is 57.2 Å². The van der Waals surface area contributed by atoms with Crippen molar-refractivity contribution < 1.29 is 0 Å². The van der Waals surface area contributed by atoms with Gasteiger partial charge in [0.25, 0.3) is 0 Å². The Balaban J connectivity index is 0.000000492. The number of aryl methyl sites for hydroxylation is 3. The van der Waals surface area contributed by atoms with Gasteiger partial charge in [-0.15, -0.1) is 0 Å². The third kappa shape index (κ3) is 2.81. The Bertz CT molecular complexity index is 547. The zero-order valence-corrected chi connectivity index (χ0v) is 12.3. The molecule has 2 aromatic carbocycles. The molecular weight excluding hydrogens is 216 g/mol. The second-order valence-electron chi connectivity index (χ2n) is 4.83. The lowest BCUT2D eigenvalue weighted by molar-refractivity contribution is 1.09. The first-order valence-electron chi connectivity index (χ1n) is 6.68. The first-order valence-corrected chi connectivity index (χ1v) is 6.68. The van der Waals surface area contributed by atoms with Crippen molar-refractivity contribution in [3.8, 4) is 0 Å². The van der Waals surface area contributed by atoms with Crippen LogP contribution < -0.4 is 0 Å². The summed E-state index contributed by atoms with van der Waals surface area (Å²) in [4.78, 5) is 0. The van der Waals surface area contributed by atoms with Gasteiger partial charge in [0.1, 0.15) is 0 Å². The molecule has 0 aliphatic carbocycles. The molecule has 0 bridgehead atoms. The number of rotatable bonds is 1. The van der Waals surface area contributed by atoms with Crippen molar-refractivity contribution in [3.05, 3.63) is 53.1 Å². The van der Waals surface area contributed by atoms with Gasteiger partial charge in [-0.25, -0.2) is 0 Å². The highest BCUT2D eigenvalue weighted by atomic mass is 14.1. The molecule has 0 aliphatic rings. The van der Waals surface area contributed by atoms with E-state index in [1.807, 2.05) is 6.08 Å². The average Bonchev–Trinajstić information content (AvgIpc) is 2.32. The second-order valence-corrected chi connectivity index (χ2v) is 4.83. The molecule has 0 amide bonds. The first kappa shape index (κ1) is 14.5. The Morgan fingerprint density at radius 1 is 1.00 bits per heavy atom. The first-order chi connectivity index (χ1) is 8.56. The summed E-state index contributed by atoms with van der Waals surface area (Å²) in [6.07, 6.45) is 3.21. The van der Waals surface area contributed by atoms with E-state index in [1.165, 1.54) is 39.4 Å². The van der Waals surface area contributed by atoms with Crippen LogP contribution in [0, 0.1) is 20.8 Å². The SMILES string of the molecule is C=Cc1c(C)cc(C)c2cccc(C)c12.CCC. The highest BCUT2D eigenvalue weighted by Crippen LogP contribution is 2.29. The van der Waals surface area contributed by atoms with Crippen molar-refractivity contribution in [2.75, 3.05) is 0 Å². The topological polar surface area (TPSA) is 0 Å². The number of benzene rings is 2. The maximum Gasteiger partial charge on any atom is -0.00770 e. The smallest absolute Gasteiger partial charge is 0.00770 e. The Morgan fingerprint density at radius 2 is 1.61 bits per heavy atom. The summed E-state index contributed by atoms with van der Waals surface area (Å²) >= 11 is 0. The van der Waals surface area contributed by atoms with Crippen LogP contribution in [0.4, 0.5) is 0 Å². The van der Waals surface area contributed by atoms with Crippen LogP contribution in [0.3, 0.4) is 0 Å². The molecule has 96 valence electrons. The predicted octanol–water partition coefficient (Wildman–Crippen LogP) is 5.82. The van der Waals surface area contributed by atoms with E-state index in [1.54, 1.807) is 0 Å². The lowest BCUT2D eigenvalue weighted by Gasteiger charge is -2.11. The van der Waals surface area contributed by atoms with E-state index in [9.17, 15) is 0 Å². The molecule has 0 atom stereocenters. The van der Waals surface area contributed by atoms with Crippen LogP contribution in [0.2, 0.25) is 0 Å². The summed E-state index contributed by atoms with van der Waals surface area (Å²) in [7, 11) is 0. The molecule has 0 radical (unpaired) electrons. The molecule has 0 fully saturated rings. The van der Waals surface area contributed by atoms with E-state index in [-0.39, 0.29) is 0 Å². The van der Waals surface area contributed by atoms with E-state index < -0.39 is 0 Å². The van der Waals surface area contributed by atoms with Crippen LogP contribution in [-0.4, -0.2) is 0 Å². The Kier molecular flexibility index (Phi) is 5.15. The normalized spacial score (nSPS) is 9.83. The highest BCUT2D eigenvalue weighted by Gasteiger charge is 2.06. The van der Waals surface area contributed by atoms with E-state index >= 15 is 0 Å². The molecule has 0 nitrogen and oxygen atoms in total. The maximum absolute atomic E-state index is 3.91. The minimum atomic E-state index is 1.25. The molecular formula is C18H24. The minimum Gasteiger partial charge on any atom is -0.0984 e. The monoisotopic (exact) mass is 240 g/mol. The number of hydrogen-bond acceptors (Lipinski definition) is 0. The van der Waals surface area contributed by atoms with Crippen LogP contribution in [-0.2, 0) is 0 Å². The third-order valence-electron chi connectivity index (χ3n) is 3.03. The zero-order chi connectivity index (χ0) is 13.7. The molecule has 0 spiro atoms. The molecule has 18 heavy (non-hydrogen) atoms. The second kappa shape index (κ2) is 6.39. The van der Waals surface area contributed by atoms with Crippen molar-refractivity contribution in [1.29, 1.82) is 0 Å². The van der Waals surface area contributed by atoms with Crippen LogP contribution in [0.25, 0.3) is 16.8 Å². The fourth-order valence-corrected chi connectivity index (χ4v) is 2.29. The van der Waals surface area contributed by atoms with E-state index in [0.29, 0.717) is 0 Å². The van der Waals surface area contributed by atoms with Crippen molar-refractivity contribution in [3.63, 3.8) is 0 Å². The quantitative estimate of drug-likeness (QED) is 0.588. The Morgan fingerprint density at radius 3 is 2.17 bits per heavy atom. The standard InChI is InChI=1S/C15H16.C3H8/c1-5-13-11(3)9-12(4)14-8-6-7-10(2)15(13)14;1-3-2/h5-9H,1H2,2-4H3;3H2,1-2H3. The Hall–Kier alpha value is -1.56. The van der Waals surface area contributed by atoms with Gasteiger partial charge in [0, 0.05) is 0 Å². The fourth-order valence-electron chi connectivity index (χ4n) is 2.29. The Labute approximate surface area is 111 Å². The van der Waals surface area contributed by atoms with Crippen LogP contribution >= 0.6 is 0 Å². The average molecular weight is 240 g/mol. The lowest BCUT2D eigenvalue weighted by atomic mass is 9.93. The highest BCUT2D eigenvalue weighted by molar-refractivity contribution is 5.96. The van der Waals surface area contributed by atoms with Gasteiger partial charge < -0.3 is 0 Å². The summed E-state index contributed by atoms with van der Waals surface area (Å²) in [5.41, 5.74) is 5.25. The molecule has 2 rings (SSSR count). The number of fused-ring (bicyclic) bond motifs is 1. The maximum atomic E-state index is 3.91. The van der Waals surface area contributed by atoms with Crippen LogP contribution in [0.5, 0.6) is 0 Å². The number of hydrogen-bond donors (Lipinski definition) is 0. The summed E-state index contributed by atoms with van der Waals surface area (Å²) < 4.78 is 0. The van der Waals surface area contributed by atoms with Crippen LogP contribution in [0.15, 0.2) is 30.8 Å². The van der Waals surface area contributed by atoms with Crippen molar-refractivity contribution in [1.82, 2.24) is 0 Å². The van der Waals surface area contributed by atoms with Crippen molar-refractivity contribution in [2.45, 2.75) is 41.0 Å². The van der Waals surface area contributed by atoms with Gasteiger partial charge in [0.05, 0.1) is 0 Å². The molecule has 0 unspecified atom stereocenters. The zero-order valence-electron chi connectivity index (χ0n) is 12.3. The van der Waals surface area contributed by atoms with Gasteiger partial charge in [0.15, 0.2) is 0 Å². The predicted molar refractivity (Wildman–Crippen MR) is 84.2 cm³/mol. The van der Waals surface area contributed by atoms with E-state index in [4.69, 9.17) is 0 Å². The van der Waals surface area contributed by atoms with E-state index in [2.05, 4.69) is 65.5 Å². The van der Waals surface area contributed by atoms with Gasteiger partial charge in [-0.2, -0.15) is 0 Å². The molecule has 0 aromatic heterocycles. The molecule has 0 aliphatic heterocycles. The third-order valence-corrected chi connectivity index (χ3v) is 3.03. The summed E-state index contributed by atoms with van der Waals surface area (Å²) in [6.45, 7) is 14.6. The van der Waals surface area contributed by atoms with Crippen LogP contribution in [0.1, 0.15) is 42.5 Å². The molecule has 0 N–H and O–H groups in total. The largest absolute Gasteiger partial charge is 0.0984 e. The lowest BCUT2D eigenvalue weighted by Crippen LogP contribution is -1.90. The van der Waals surface area contributed by atoms with Gasteiger partial charge in [0.2, 0.25) is 0 Å². The molecule has 2 aromatic rings. The van der Waals surface area contributed by atoms with Gasteiger partial charge in [-0.05, 0) is 53.8 Å². The fraction of sp³-hybridized carbons (Fsp3) is 0.333. The summed E-state index contributed by atoms with van der Waals surface area (Å²) in [5.74, 6) is 0. The summed E-state index contributed by atoms with van der Waals surface area (Å²) in [5, 5.41) is 2.69. The molecule has 0 heterocycles. The molecule has 0 saturated carbocycles. The van der Waals surface area contributed by atoms with Gasteiger partial charge >= 0.3 is 0 Å². The summed E-state index contributed by atoms with van der Waals surface area (Å²) in [6, 6.07) is 8.70. The molecule has 0 saturated heterocycles. The molecule has 0 heteroatoms. The van der Waals surface area contributed by atoms with E-state index in [0.717, 1.165) is 0 Å². The van der Waals surface area contributed by atoms with Gasteiger partial charge in [-0.3, -0.25) is 0 Å². The van der Waals surface area contributed by atoms with Crippen molar-refractivity contribution >= 4 is 16.8 Å². The minimum absolute atomic E-state index is 1.25. The van der Waals surface area contributed by atoms with Crippen molar-refractivity contribution in [2.24, 2.45) is 0 Å².